The van der Waals surface area contributed by atoms with Crippen LogP contribution in [0.2, 0.25) is 5.02 Å². The van der Waals surface area contributed by atoms with Crippen LogP contribution in [-0.4, -0.2) is 10.9 Å². The fourth-order valence-electron chi connectivity index (χ4n) is 2.10. The molecule has 2 aromatic carbocycles. The van der Waals surface area contributed by atoms with Gasteiger partial charge in [-0.25, -0.2) is 4.98 Å². The molecule has 5 heteroatoms. The van der Waals surface area contributed by atoms with Gasteiger partial charge in [-0.3, -0.25) is 4.79 Å². The van der Waals surface area contributed by atoms with Crippen LogP contribution in [-0.2, 0) is 4.79 Å². The second-order valence-electron chi connectivity index (χ2n) is 4.87. The van der Waals surface area contributed by atoms with Crippen LogP contribution in [0.4, 0.5) is 5.69 Å². The number of oxazole rings is 1. The molecule has 1 aromatic heterocycles. The van der Waals surface area contributed by atoms with Gasteiger partial charge in [-0.1, -0.05) is 17.7 Å². The third-order valence-electron chi connectivity index (χ3n) is 3.07. The topological polar surface area (TPSA) is 55.1 Å². The standard InChI is InChI=1S/C16H13ClN2O2/c1-9-3-6-13-15(7-9)21-16(19-13)11-4-5-12(17)14(8-11)18-10(2)20/h3-8H,1-2H3,(H,18,20). The number of nitrogens with zero attached hydrogens (tertiary/aromatic N) is 1. The molecule has 21 heavy (non-hydrogen) atoms. The minimum Gasteiger partial charge on any atom is -0.436 e. The number of rotatable bonds is 2. The number of carbonyl (C=O) groups excluding carboxylic acids is 1. The van der Waals surface area contributed by atoms with Crippen molar-refractivity contribution in [2.45, 2.75) is 13.8 Å². The molecule has 3 aromatic rings. The predicted octanol–water partition coefficient (Wildman–Crippen LogP) is 4.42. The molecular weight excluding hydrogens is 288 g/mol. The van der Waals surface area contributed by atoms with Crippen LogP contribution in [0.25, 0.3) is 22.6 Å². The fourth-order valence-corrected chi connectivity index (χ4v) is 2.26. The van der Waals surface area contributed by atoms with E-state index in [1.165, 1.54) is 6.92 Å². The van der Waals surface area contributed by atoms with E-state index in [9.17, 15) is 4.79 Å². The smallest absolute Gasteiger partial charge is 0.227 e. The molecule has 0 aliphatic rings. The Morgan fingerprint density at radius 1 is 1.24 bits per heavy atom. The second-order valence-corrected chi connectivity index (χ2v) is 5.27. The first-order chi connectivity index (χ1) is 10.0. The lowest BCUT2D eigenvalue weighted by atomic mass is 10.2. The van der Waals surface area contributed by atoms with Gasteiger partial charge >= 0.3 is 0 Å². The Hall–Kier alpha value is -2.33. The van der Waals surface area contributed by atoms with Gasteiger partial charge in [0, 0.05) is 12.5 Å². The Morgan fingerprint density at radius 2 is 2.05 bits per heavy atom. The zero-order chi connectivity index (χ0) is 15.0. The number of hydrogen-bond donors (Lipinski definition) is 1. The highest BCUT2D eigenvalue weighted by Crippen LogP contribution is 2.30. The van der Waals surface area contributed by atoms with Crippen molar-refractivity contribution in [1.82, 2.24) is 4.98 Å². The van der Waals surface area contributed by atoms with Crippen molar-refractivity contribution in [3.05, 3.63) is 47.0 Å². The SMILES string of the molecule is CC(=O)Nc1cc(-c2nc3ccc(C)cc3o2)ccc1Cl. The third-order valence-corrected chi connectivity index (χ3v) is 3.40. The Morgan fingerprint density at radius 3 is 2.81 bits per heavy atom. The first kappa shape index (κ1) is 13.6. The molecule has 1 heterocycles. The van der Waals surface area contributed by atoms with Crippen LogP contribution >= 0.6 is 11.6 Å². The van der Waals surface area contributed by atoms with Gasteiger partial charge < -0.3 is 9.73 Å². The van der Waals surface area contributed by atoms with E-state index in [1.54, 1.807) is 12.1 Å². The second kappa shape index (κ2) is 5.22. The Kier molecular flexibility index (Phi) is 3.39. The minimum absolute atomic E-state index is 0.178. The molecule has 0 fully saturated rings. The molecule has 0 unspecified atom stereocenters. The molecule has 0 aliphatic heterocycles. The molecule has 0 radical (unpaired) electrons. The number of anilines is 1. The van der Waals surface area contributed by atoms with Crippen LogP contribution in [0.5, 0.6) is 0 Å². The zero-order valence-electron chi connectivity index (χ0n) is 11.6. The predicted molar refractivity (Wildman–Crippen MR) is 83.5 cm³/mol. The van der Waals surface area contributed by atoms with E-state index in [0.717, 1.165) is 22.2 Å². The van der Waals surface area contributed by atoms with Crippen molar-refractivity contribution in [2.75, 3.05) is 5.32 Å². The van der Waals surface area contributed by atoms with Crippen molar-refractivity contribution in [3.8, 4) is 11.5 Å². The number of carbonyl (C=O) groups is 1. The Labute approximate surface area is 126 Å². The Balaban J connectivity index is 2.07. The third kappa shape index (κ3) is 2.76. The highest BCUT2D eigenvalue weighted by molar-refractivity contribution is 6.33. The average molecular weight is 301 g/mol. The maximum absolute atomic E-state index is 11.2. The van der Waals surface area contributed by atoms with E-state index >= 15 is 0 Å². The molecule has 0 spiro atoms. The maximum atomic E-state index is 11.2. The molecule has 0 bridgehead atoms. The number of fused-ring (bicyclic) bond motifs is 1. The molecule has 1 amide bonds. The van der Waals surface area contributed by atoms with Crippen molar-refractivity contribution in [2.24, 2.45) is 0 Å². The largest absolute Gasteiger partial charge is 0.436 e. The molecule has 0 saturated heterocycles. The first-order valence-corrected chi connectivity index (χ1v) is 6.85. The van der Waals surface area contributed by atoms with Crippen LogP contribution < -0.4 is 5.32 Å². The lowest BCUT2D eigenvalue weighted by Crippen LogP contribution is -2.06. The summed E-state index contributed by atoms with van der Waals surface area (Å²) in [6.45, 7) is 3.43. The summed E-state index contributed by atoms with van der Waals surface area (Å²) >= 11 is 6.06. The van der Waals surface area contributed by atoms with E-state index in [2.05, 4.69) is 10.3 Å². The molecule has 1 N–H and O–H groups in total. The number of hydrogen-bond acceptors (Lipinski definition) is 3. The molecule has 0 saturated carbocycles. The molecule has 106 valence electrons. The van der Waals surface area contributed by atoms with Gasteiger partial charge in [0.1, 0.15) is 5.52 Å². The number of aryl methyl sites for hydroxylation is 1. The van der Waals surface area contributed by atoms with Gasteiger partial charge in [0.05, 0.1) is 10.7 Å². The molecular formula is C16H13ClN2O2. The van der Waals surface area contributed by atoms with Crippen molar-refractivity contribution < 1.29 is 9.21 Å². The van der Waals surface area contributed by atoms with E-state index in [1.807, 2.05) is 31.2 Å². The molecule has 3 rings (SSSR count). The van der Waals surface area contributed by atoms with Crippen molar-refractivity contribution >= 4 is 34.3 Å². The van der Waals surface area contributed by atoms with E-state index in [4.69, 9.17) is 16.0 Å². The van der Waals surface area contributed by atoms with Crippen LogP contribution in [0.3, 0.4) is 0 Å². The highest BCUT2D eigenvalue weighted by atomic mass is 35.5. The normalized spacial score (nSPS) is 10.8. The van der Waals surface area contributed by atoms with E-state index < -0.39 is 0 Å². The average Bonchev–Trinajstić information content (AvgIpc) is 2.83. The zero-order valence-corrected chi connectivity index (χ0v) is 12.4. The summed E-state index contributed by atoms with van der Waals surface area (Å²) in [7, 11) is 0. The van der Waals surface area contributed by atoms with Crippen molar-refractivity contribution in [1.29, 1.82) is 0 Å². The summed E-state index contributed by atoms with van der Waals surface area (Å²) < 4.78 is 5.77. The molecule has 4 nitrogen and oxygen atoms in total. The highest BCUT2D eigenvalue weighted by Gasteiger charge is 2.11. The summed E-state index contributed by atoms with van der Waals surface area (Å²) in [5, 5.41) is 3.16. The Bertz CT molecular complexity index is 839. The van der Waals surface area contributed by atoms with Crippen LogP contribution in [0, 0.1) is 6.92 Å². The summed E-state index contributed by atoms with van der Waals surface area (Å²) in [5.41, 5.74) is 3.95. The number of halogens is 1. The monoisotopic (exact) mass is 300 g/mol. The summed E-state index contributed by atoms with van der Waals surface area (Å²) in [4.78, 5) is 15.6. The van der Waals surface area contributed by atoms with E-state index in [-0.39, 0.29) is 5.91 Å². The van der Waals surface area contributed by atoms with E-state index in [0.29, 0.717) is 16.6 Å². The van der Waals surface area contributed by atoms with Crippen molar-refractivity contribution in [3.63, 3.8) is 0 Å². The lowest BCUT2D eigenvalue weighted by Gasteiger charge is -2.05. The summed E-state index contributed by atoms with van der Waals surface area (Å²) in [5.74, 6) is 0.320. The van der Waals surface area contributed by atoms with Gasteiger partial charge in [-0.2, -0.15) is 0 Å². The number of nitrogens with one attached hydrogen (secondary N) is 1. The quantitative estimate of drug-likeness (QED) is 0.762. The van der Waals surface area contributed by atoms with Gasteiger partial charge in [-0.15, -0.1) is 0 Å². The van der Waals surface area contributed by atoms with Crippen LogP contribution in [0.15, 0.2) is 40.8 Å². The van der Waals surface area contributed by atoms with Gasteiger partial charge in [0.2, 0.25) is 11.8 Å². The number of benzene rings is 2. The number of amides is 1. The minimum atomic E-state index is -0.178. The molecule has 0 aliphatic carbocycles. The first-order valence-electron chi connectivity index (χ1n) is 6.47. The summed E-state index contributed by atoms with van der Waals surface area (Å²) in [6.07, 6.45) is 0. The summed E-state index contributed by atoms with van der Waals surface area (Å²) in [6, 6.07) is 11.1. The van der Waals surface area contributed by atoms with Gasteiger partial charge in [-0.05, 0) is 42.8 Å². The van der Waals surface area contributed by atoms with Gasteiger partial charge in [0.15, 0.2) is 5.58 Å². The maximum Gasteiger partial charge on any atom is 0.227 e. The van der Waals surface area contributed by atoms with Crippen LogP contribution in [0.1, 0.15) is 12.5 Å². The number of aromatic nitrogens is 1. The van der Waals surface area contributed by atoms with Gasteiger partial charge in [0.25, 0.3) is 0 Å². The lowest BCUT2D eigenvalue weighted by molar-refractivity contribution is -0.114. The fraction of sp³-hybridized carbons (Fsp3) is 0.125. The molecule has 0 atom stereocenters.